The molecule has 0 heterocycles. The molecule has 0 bridgehead atoms. The van der Waals surface area contributed by atoms with Crippen molar-refractivity contribution in [2.24, 2.45) is 0 Å². The monoisotopic (exact) mass is 271 g/mol. The number of nitrogens with zero attached hydrogens (tertiary/aromatic N) is 1. The van der Waals surface area contributed by atoms with Gasteiger partial charge in [0.25, 0.3) is 0 Å². The zero-order valence-corrected chi connectivity index (χ0v) is 11.9. The quantitative estimate of drug-likeness (QED) is 0.686. The van der Waals surface area contributed by atoms with Crippen LogP contribution in [0.25, 0.3) is 0 Å². The average Bonchev–Trinajstić information content (AvgIpc) is 2.53. The first-order valence-corrected chi connectivity index (χ1v) is 6.86. The van der Waals surface area contributed by atoms with Crippen molar-refractivity contribution in [3.05, 3.63) is 60.7 Å². The van der Waals surface area contributed by atoms with E-state index in [1.165, 1.54) is 11.4 Å². The van der Waals surface area contributed by atoms with Crippen LogP contribution in [0.2, 0.25) is 0 Å². The van der Waals surface area contributed by atoms with Crippen molar-refractivity contribution in [3.63, 3.8) is 0 Å². The molecule has 0 aliphatic carbocycles. The summed E-state index contributed by atoms with van der Waals surface area (Å²) in [5, 5.41) is 0. The van der Waals surface area contributed by atoms with Crippen molar-refractivity contribution >= 4 is 11.4 Å². The second kappa shape index (κ2) is 8.35. The van der Waals surface area contributed by atoms with Crippen LogP contribution in [0, 0.1) is 0 Å². The van der Waals surface area contributed by atoms with Gasteiger partial charge in [-0.25, -0.2) is 0 Å². The molecule has 0 amide bonds. The van der Waals surface area contributed by atoms with E-state index in [1.54, 1.807) is 7.11 Å². The van der Waals surface area contributed by atoms with Gasteiger partial charge in [-0.3, -0.25) is 0 Å². The van der Waals surface area contributed by atoms with E-state index >= 15 is 0 Å². The fourth-order valence-corrected chi connectivity index (χ4v) is 2.02. The molecule has 0 N–H and O–H groups in total. The van der Waals surface area contributed by atoms with Crippen LogP contribution in [0.4, 0.5) is 11.4 Å². The topological polar surface area (TPSA) is 21.7 Å². The molecule has 0 saturated heterocycles. The average molecular weight is 271 g/mol. The van der Waals surface area contributed by atoms with Crippen molar-refractivity contribution < 1.29 is 9.47 Å². The summed E-state index contributed by atoms with van der Waals surface area (Å²) < 4.78 is 10.6. The van der Waals surface area contributed by atoms with Crippen molar-refractivity contribution in [1.29, 1.82) is 0 Å². The third-order valence-corrected chi connectivity index (χ3v) is 3.03. The van der Waals surface area contributed by atoms with Crippen molar-refractivity contribution in [3.8, 4) is 0 Å². The van der Waals surface area contributed by atoms with Gasteiger partial charge in [-0.1, -0.05) is 36.4 Å². The molecule has 2 rings (SSSR count). The van der Waals surface area contributed by atoms with Crippen LogP contribution in [0.1, 0.15) is 0 Å². The third-order valence-electron chi connectivity index (χ3n) is 3.03. The molecule has 0 unspecified atom stereocenters. The molecule has 0 aliphatic heterocycles. The Morgan fingerprint density at radius 1 is 0.750 bits per heavy atom. The molecule has 20 heavy (non-hydrogen) atoms. The lowest BCUT2D eigenvalue weighted by atomic mass is 10.2. The molecule has 0 saturated carbocycles. The molecule has 2 aromatic rings. The number of hydrogen-bond donors (Lipinski definition) is 0. The lowest BCUT2D eigenvalue weighted by molar-refractivity contribution is 0.0747. The van der Waals surface area contributed by atoms with Gasteiger partial charge in [-0.2, -0.15) is 0 Å². The zero-order chi connectivity index (χ0) is 14.0. The summed E-state index contributed by atoms with van der Waals surface area (Å²) in [6.45, 7) is 2.76. The number of hydrogen-bond acceptors (Lipinski definition) is 3. The predicted octanol–water partition coefficient (Wildman–Crippen LogP) is 3.49. The van der Waals surface area contributed by atoms with Crippen LogP contribution in [-0.4, -0.2) is 33.5 Å². The van der Waals surface area contributed by atoms with E-state index in [-0.39, 0.29) is 0 Å². The Morgan fingerprint density at radius 2 is 1.30 bits per heavy atom. The first kappa shape index (κ1) is 14.6. The second-order valence-electron chi connectivity index (χ2n) is 4.43. The fraction of sp³-hybridized carbons (Fsp3) is 0.294. The van der Waals surface area contributed by atoms with E-state index in [4.69, 9.17) is 9.47 Å². The highest BCUT2D eigenvalue weighted by molar-refractivity contribution is 5.62. The lowest BCUT2D eigenvalue weighted by Gasteiger charge is -2.25. The maximum atomic E-state index is 5.58. The van der Waals surface area contributed by atoms with E-state index in [1.807, 2.05) is 12.1 Å². The van der Waals surface area contributed by atoms with E-state index in [2.05, 4.69) is 53.4 Å². The van der Waals surface area contributed by atoms with Gasteiger partial charge in [0.2, 0.25) is 0 Å². The van der Waals surface area contributed by atoms with Gasteiger partial charge in [-0.15, -0.1) is 0 Å². The van der Waals surface area contributed by atoms with Crippen LogP contribution in [0.5, 0.6) is 0 Å². The Bertz CT molecular complexity index is 433. The summed E-state index contributed by atoms with van der Waals surface area (Å²) in [6, 6.07) is 20.7. The normalized spacial score (nSPS) is 10.4. The minimum atomic E-state index is 0.633. The summed E-state index contributed by atoms with van der Waals surface area (Å²) in [7, 11) is 1.68. The Morgan fingerprint density at radius 3 is 1.80 bits per heavy atom. The molecule has 0 aromatic heterocycles. The number of para-hydroxylation sites is 2. The van der Waals surface area contributed by atoms with Crippen LogP contribution < -0.4 is 4.90 Å². The van der Waals surface area contributed by atoms with Crippen molar-refractivity contribution in [1.82, 2.24) is 0 Å². The molecule has 0 radical (unpaired) electrons. The number of rotatable bonds is 8. The summed E-state index contributed by atoms with van der Waals surface area (Å²) in [4.78, 5) is 2.26. The minimum Gasteiger partial charge on any atom is -0.382 e. The number of methoxy groups -OCH3 is 1. The first-order chi connectivity index (χ1) is 9.92. The minimum absolute atomic E-state index is 0.633. The predicted molar refractivity (Wildman–Crippen MR) is 82.6 cm³/mol. The lowest BCUT2D eigenvalue weighted by Crippen LogP contribution is -2.23. The largest absolute Gasteiger partial charge is 0.382 e. The Hall–Kier alpha value is -1.84. The molecule has 106 valence electrons. The van der Waals surface area contributed by atoms with Crippen molar-refractivity contribution in [2.45, 2.75) is 0 Å². The molecule has 0 spiro atoms. The molecule has 0 fully saturated rings. The third kappa shape index (κ3) is 4.37. The maximum absolute atomic E-state index is 5.58. The van der Waals surface area contributed by atoms with E-state index < -0.39 is 0 Å². The summed E-state index contributed by atoms with van der Waals surface area (Å²) in [6.07, 6.45) is 0. The molecular formula is C17H21NO2. The maximum Gasteiger partial charge on any atom is 0.0701 e. The van der Waals surface area contributed by atoms with Crippen LogP contribution in [0.3, 0.4) is 0 Å². The first-order valence-electron chi connectivity index (χ1n) is 6.86. The Labute approximate surface area is 120 Å². The molecular weight excluding hydrogens is 250 g/mol. The van der Waals surface area contributed by atoms with E-state index in [0.29, 0.717) is 19.8 Å². The van der Waals surface area contributed by atoms with Crippen LogP contribution in [-0.2, 0) is 9.47 Å². The second-order valence-corrected chi connectivity index (χ2v) is 4.43. The summed E-state index contributed by atoms with van der Waals surface area (Å²) >= 11 is 0. The standard InChI is InChI=1S/C17H21NO2/c1-19-14-15-20-13-12-18(16-8-4-2-5-9-16)17-10-6-3-7-11-17/h2-11H,12-15H2,1H3. The van der Waals surface area contributed by atoms with Gasteiger partial charge in [0.05, 0.1) is 19.8 Å². The van der Waals surface area contributed by atoms with Crippen LogP contribution in [0.15, 0.2) is 60.7 Å². The van der Waals surface area contributed by atoms with Gasteiger partial charge in [0, 0.05) is 25.0 Å². The highest BCUT2D eigenvalue weighted by atomic mass is 16.5. The molecule has 3 heteroatoms. The van der Waals surface area contributed by atoms with E-state index in [0.717, 1.165) is 6.54 Å². The zero-order valence-electron chi connectivity index (χ0n) is 11.9. The van der Waals surface area contributed by atoms with Crippen molar-refractivity contribution in [2.75, 3.05) is 38.4 Å². The molecule has 0 aliphatic rings. The molecule has 2 aromatic carbocycles. The van der Waals surface area contributed by atoms with Gasteiger partial charge < -0.3 is 14.4 Å². The van der Waals surface area contributed by atoms with Gasteiger partial charge in [-0.05, 0) is 24.3 Å². The fourth-order valence-electron chi connectivity index (χ4n) is 2.02. The Balaban J connectivity index is 2.02. The van der Waals surface area contributed by atoms with Gasteiger partial charge in [0.1, 0.15) is 0 Å². The van der Waals surface area contributed by atoms with E-state index in [9.17, 15) is 0 Å². The molecule has 0 atom stereocenters. The smallest absolute Gasteiger partial charge is 0.0701 e. The molecule has 3 nitrogen and oxygen atoms in total. The number of benzene rings is 2. The highest BCUT2D eigenvalue weighted by Crippen LogP contribution is 2.24. The van der Waals surface area contributed by atoms with Gasteiger partial charge >= 0.3 is 0 Å². The Kier molecular flexibility index (Phi) is 6.08. The summed E-state index contributed by atoms with van der Waals surface area (Å²) in [5.41, 5.74) is 2.35. The van der Waals surface area contributed by atoms with Gasteiger partial charge in [0.15, 0.2) is 0 Å². The summed E-state index contributed by atoms with van der Waals surface area (Å²) in [5.74, 6) is 0. The highest BCUT2D eigenvalue weighted by Gasteiger charge is 2.08. The number of ether oxygens (including phenoxy) is 2. The number of anilines is 2. The van der Waals surface area contributed by atoms with Crippen LogP contribution >= 0.6 is 0 Å². The SMILES string of the molecule is COCCOCCN(c1ccccc1)c1ccccc1.